The van der Waals surface area contributed by atoms with Crippen molar-refractivity contribution in [2.75, 3.05) is 6.61 Å². The molecule has 0 aliphatic carbocycles. The Kier molecular flexibility index (Phi) is 2.10. The number of terminal acetylenes is 1. The highest BCUT2D eigenvalue weighted by atomic mass is 16.5. The Morgan fingerprint density at radius 2 is 2.44 bits per heavy atom. The molecule has 0 spiro atoms. The van der Waals surface area contributed by atoms with Crippen molar-refractivity contribution < 1.29 is 9.84 Å². The Balaban J connectivity index is 2.31. The highest BCUT2D eigenvalue weighted by Gasteiger charge is 2.22. The van der Waals surface area contributed by atoms with Crippen LogP contribution in [0.4, 0.5) is 0 Å². The lowest BCUT2D eigenvalue weighted by Gasteiger charge is -2.04. The Morgan fingerprint density at radius 3 is 2.78 bits per heavy atom. The summed E-state index contributed by atoms with van der Waals surface area (Å²) in [5.41, 5.74) is 0. The van der Waals surface area contributed by atoms with E-state index in [1.807, 2.05) is 0 Å². The molecular weight excluding hydrogens is 116 g/mol. The highest BCUT2D eigenvalue weighted by molar-refractivity contribution is 4.97. The number of aliphatic hydroxyl groups is 1. The Labute approximate surface area is 54.8 Å². The molecule has 0 bridgehead atoms. The molecule has 2 atom stereocenters. The molecule has 0 aromatic rings. The van der Waals surface area contributed by atoms with Gasteiger partial charge in [-0.3, -0.25) is 0 Å². The van der Waals surface area contributed by atoms with Gasteiger partial charge in [0.25, 0.3) is 0 Å². The first-order valence-corrected chi connectivity index (χ1v) is 3.09. The molecule has 1 rings (SSSR count). The van der Waals surface area contributed by atoms with Crippen LogP contribution in [0.15, 0.2) is 0 Å². The van der Waals surface area contributed by atoms with E-state index in [9.17, 15) is 0 Å². The van der Waals surface area contributed by atoms with Crippen molar-refractivity contribution in [2.24, 2.45) is 0 Å². The van der Waals surface area contributed by atoms with Gasteiger partial charge >= 0.3 is 0 Å². The standard InChI is InChI=1S/C7H10O2/c1-2-6-3-4-7(5-8)9-6/h1,6-8H,3-5H2/t6-,7-/m0/s1. The number of ether oxygens (including phenoxy) is 1. The summed E-state index contributed by atoms with van der Waals surface area (Å²) >= 11 is 0. The van der Waals surface area contributed by atoms with Crippen molar-refractivity contribution >= 4 is 0 Å². The van der Waals surface area contributed by atoms with Crippen LogP contribution in [0, 0.1) is 12.3 Å². The van der Waals surface area contributed by atoms with Crippen LogP contribution in [0.2, 0.25) is 0 Å². The number of hydrogen-bond donors (Lipinski definition) is 1. The zero-order chi connectivity index (χ0) is 6.69. The van der Waals surface area contributed by atoms with Crippen molar-refractivity contribution in [3.05, 3.63) is 0 Å². The van der Waals surface area contributed by atoms with Gasteiger partial charge in [0.05, 0.1) is 12.7 Å². The van der Waals surface area contributed by atoms with Crippen molar-refractivity contribution in [2.45, 2.75) is 25.0 Å². The van der Waals surface area contributed by atoms with Gasteiger partial charge in [0.2, 0.25) is 0 Å². The monoisotopic (exact) mass is 126 g/mol. The Morgan fingerprint density at radius 1 is 1.67 bits per heavy atom. The third-order valence-corrected chi connectivity index (χ3v) is 1.50. The van der Waals surface area contributed by atoms with Crippen LogP contribution in [0.1, 0.15) is 12.8 Å². The second kappa shape index (κ2) is 2.86. The molecule has 1 fully saturated rings. The van der Waals surface area contributed by atoms with Gasteiger partial charge in [-0.25, -0.2) is 0 Å². The van der Waals surface area contributed by atoms with E-state index in [0.717, 1.165) is 12.8 Å². The lowest BCUT2D eigenvalue weighted by molar-refractivity contribution is 0.0347. The largest absolute Gasteiger partial charge is 0.394 e. The van der Waals surface area contributed by atoms with E-state index >= 15 is 0 Å². The summed E-state index contributed by atoms with van der Waals surface area (Å²) in [6.45, 7) is 0.0954. The number of aliphatic hydroxyl groups excluding tert-OH is 1. The summed E-state index contributed by atoms with van der Waals surface area (Å²) in [5, 5.41) is 8.59. The highest BCUT2D eigenvalue weighted by Crippen LogP contribution is 2.17. The maximum Gasteiger partial charge on any atom is 0.118 e. The zero-order valence-corrected chi connectivity index (χ0v) is 5.21. The van der Waals surface area contributed by atoms with Gasteiger partial charge in [-0.1, -0.05) is 5.92 Å². The smallest absolute Gasteiger partial charge is 0.118 e. The SMILES string of the molecule is C#C[C@H]1CC[C@@H](CO)O1. The quantitative estimate of drug-likeness (QED) is 0.507. The van der Waals surface area contributed by atoms with Gasteiger partial charge in [0.1, 0.15) is 6.10 Å². The summed E-state index contributed by atoms with van der Waals surface area (Å²) in [4.78, 5) is 0. The van der Waals surface area contributed by atoms with Gasteiger partial charge in [-0.15, -0.1) is 6.42 Å². The lowest BCUT2D eigenvalue weighted by atomic mass is 10.2. The molecule has 1 heterocycles. The van der Waals surface area contributed by atoms with Gasteiger partial charge < -0.3 is 9.84 Å². The Bertz CT molecular complexity index is 125. The first-order valence-electron chi connectivity index (χ1n) is 3.09. The third-order valence-electron chi connectivity index (χ3n) is 1.50. The summed E-state index contributed by atoms with van der Waals surface area (Å²) < 4.78 is 5.17. The van der Waals surface area contributed by atoms with Crippen LogP contribution < -0.4 is 0 Å². The van der Waals surface area contributed by atoms with Gasteiger partial charge in [0, 0.05) is 0 Å². The minimum absolute atomic E-state index is 0.00829. The molecule has 1 aliphatic rings. The average molecular weight is 126 g/mol. The van der Waals surface area contributed by atoms with Crippen LogP contribution in [0.25, 0.3) is 0 Å². The molecule has 0 aromatic carbocycles. The molecular formula is C7H10O2. The van der Waals surface area contributed by atoms with E-state index < -0.39 is 0 Å². The maximum atomic E-state index is 8.59. The van der Waals surface area contributed by atoms with Crippen LogP contribution in [0.3, 0.4) is 0 Å². The van der Waals surface area contributed by atoms with Gasteiger partial charge in [0.15, 0.2) is 0 Å². The van der Waals surface area contributed by atoms with Crippen LogP contribution in [-0.4, -0.2) is 23.9 Å². The molecule has 2 nitrogen and oxygen atoms in total. The topological polar surface area (TPSA) is 29.5 Å². The predicted molar refractivity (Wildman–Crippen MR) is 33.8 cm³/mol. The van der Waals surface area contributed by atoms with Crippen molar-refractivity contribution in [3.63, 3.8) is 0 Å². The molecule has 9 heavy (non-hydrogen) atoms. The molecule has 0 saturated carbocycles. The van der Waals surface area contributed by atoms with E-state index in [4.69, 9.17) is 16.3 Å². The fraction of sp³-hybridized carbons (Fsp3) is 0.714. The number of hydrogen-bond acceptors (Lipinski definition) is 2. The first-order chi connectivity index (χ1) is 4.36. The van der Waals surface area contributed by atoms with E-state index in [0.29, 0.717) is 0 Å². The predicted octanol–water partition coefficient (Wildman–Crippen LogP) is 0.160. The minimum Gasteiger partial charge on any atom is -0.394 e. The molecule has 0 unspecified atom stereocenters. The molecule has 0 radical (unpaired) electrons. The maximum absolute atomic E-state index is 8.59. The molecule has 50 valence electrons. The molecule has 0 amide bonds. The molecule has 1 N–H and O–H groups in total. The second-order valence-electron chi connectivity index (χ2n) is 2.17. The van der Waals surface area contributed by atoms with Crippen molar-refractivity contribution in [1.82, 2.24) is 0 Å². The minimum atomic E-state index is -0.0536. The van der Waals surface area contributed by atoms with Gasteiger partial charge in [-0.2, -0.15) is 0 Å². The van der Waals surface area contributed by atoms with E-state index in [2.05, 4.69) is 5.92 Å². The third kappa shape index (κ3) is 1.44. The molecule has 0 aromatic heterocycles. The second-order valence-corrected chi connectivity index (χ2v) is 2.17. The summed E-state index contributed by atoms with van der Waals surface area (Å²) in [6.07, 6.45) is 6.82. The number of rotatable bonds is 1. The fourth-order valence-corrected chi connectivity index (χ4v) is 0.963. The van der Waals surface area contributed by atoms with Crippen LogP contribution in [-0.2, 0) is 4.74 Å². The first kappa shape index (κ1) is 6.60. The van der Waals surface area contributed by atoms with E-state index in [1.54, 1.807) is 0 Å². The summed E-state index contributed by atoms with van der Waals surface area (Å²) in [5.74, 6) is 2.49. The van der Waals surface area contributed by atoms with E-state index in [-0.39, 0.29) is 18.8 Å². The molecule has 2 heteroatoms. The molecule has 1 aliphatic heterocycles. The average Bonchev–Trinajstić information content (AvgIpc) is 2.34. The normalized spacial score (nSPS) is 34.2. The van der Waals surface area contributed by atoms with E-state index in [1.165, 1.54) is 0 Å². The lowest BCUT2D eigenvalue weighted by Crippen LogP contribution is -2.12. The van der Waals surface area contributed by atoms with Crippen molar-refractivity contribution in [1.29, 1.82) is 0 Å². The zero-order valence-electron chi connectivity index (χ0n) is 5.21. The van der Waals surface area contributed by atoms with Crippen LogP contribution in [0.5, 0.6) is 0 Å². The van der Waals surface area contributed by atoms with Crippen LogP contribution >= 0.6 is 0 Å². The van der Waals surface area contributed by atoms with Crippen molar-refractivity contribution in [3.8, 4) is 12.3 Å². The summed E-state index contributed by atoms with van der Waals surface area (Å²) in [6, 6.07) is 0. The Hall–Kier alpha value is -0.520. The summed E-state index contributed by atoms with van der Waals surface area (Å²) in [7, 11) is 0. The fourth-order valence-electron chi connectivity index (χ4n) is 0.963. The molecule has 1 saturated heterocycles. The van der Waals surface area contributed by atoms with Gasteiger partial charge in [-0.05, 0) is 12.8 Å².